The van der Waals surface area contributed by atoms with Crippen molar-refractivity contribution in [2.45, 2.75) is 33.9 Å². The van der Waals surface area contributed by atoms with E-state index in [-0.39, 0.29) is 0 Å². The first-order chi connectivity index (χ1) is 11.1. The van der Waals surface area contributed by atoms with E-state index < -0.39 is 0 Å². The molecule has 0 unspecified atom stereocenters. The Morgan fingerprint density at radius 1 is 1.17 bits per heavy atom. The van der Waals surface area contributed by atoms with Crippen LogP contribution in [0.15, 0.2) is 24.7 Å². The zero-order valence-electron chi connectivity index (χ0n) is 13.9. The highest BCUT2D eigenvalue weighted by molar-refractivity contribution is 5.65. The van der Waals surface area contributed by atoms with E-state index in [1.54, 1.807) is 12.4 Å². The van der Waals surface area contributed by atoms with Crippen LogP contribution in [0.25, 0.3) is 11.3 Å². The van der Waals surface area contributed by atoms with Crippen molar-refractivity contribution in [1.29, 1.82) is 0 Å². The molecule has 0 saturated carbocycles. The molecule has 0 aliphatic carbocycles. The second-order valence-electron chi connectivity index (χ2n) is 5.42. The Morgan fingerprint density at radius 3 is 2.70 bits per heavy atom. The van der Waals surface area contributed by atoms with Gasteiger partial charge < -0.3 is 9.88 Å². The van der Waals surface area contributed by atoms with Gasteiger partial charge in [0, 0.05) is 43.4 Å². The van der Waals surface area contributed by atoms with Gasteiger partial charge in [-0.05, 0) is 26.8 Å². The van der Waals surface area contributed by atoms with Crippen molar-refractivity contribution < 1.29 is 0 Å². The molecule has 0 aromatic carbocycles. The molecule has 3 rings (SSSR count). The summed E-state index contributed by atoms with van der Waals surface area (Å²) in [6, 6.07) is 1.91. The van der Waals surface area contributed by atoms with E-state index in [1.165, 1.54) is 0 Å². The van der Waals surface area contributed by atoms with Gasteiger partial charge >= 0.3 is 0 Å². The summed E-state index contributed by atoms with van der Waals surface area (Å²) in [5.74, 6) is 1.56. The van der Waals surface area contributed by atoms with Crippen LogP contribution in [0.4, 0.5) is 5.95 Å². The molecule has 7 nitrogen and oxygen atoms in total. The van der Waals surface area contributed by atoms with E-state index in [2.05, 4.69) is 36.9 Å². The molecular formula is C16H21N7. The van der Waals surface area contributed by atoms with Crippen LogP contribution >= 0.6 is 0 Å². The molecule has 7 heteroatoms. The number of nitrogens with zero attached hydrogens (tertiary/aromatic N) is 6. The average molecular weight is 311 g/mol. The summed E-state index contributed by atoms with van der Waals surface area (Å²) in [6.07, 6.45) is 5.54. The Bertz CT molecular complexity index is 816. The van der Waals surface area contributed by atoms with Crippen LogP contribution in [0, 0.1) is 13.8 Å². The number of hydrogen-bond donors (Lipinski definition) is 1. The van der Waals surface area contributed by atoms with Gasteiger partial charge in [0.1, 0.15) is 5.82 Å². The minimum Gasteiger partial charge on any atom is -0.347 e. The van der Waals surface area contributed by atoms with Crippen LogP contribution in [0.5, 0.6) is 0 Å². The minimum atomic E-state index is 0.593. The molecule has 0 radical (unpaired) electrons. The number of aromatic nitrogens is 6. The Kier molecular flexibility index (Phi) is 4.10. The summed E-state index contributed by atoms with van der Waals surface area (Å²) in [6.45, 7) is 7.62. The van der Waals surface area contributed by atoms with E-state index in [0.29, 0.717) is 12.5 Å². The lowest BCUT2D eigenvalue weighted by atomic mass is 10.1. The number of nitrogens with one attached hydrogen (secondary N) is 1. The Labute approximate surface area is 135 Å². The summed E-state index contributed by atoms with van der Waals surface area (Å²) in [4.78, 5) is 13.3. The highest BCUT2D eigenvalue weighted by atomic mass is 15.3. The van der Waals surface area contributed by atoms with Crippen molar-refractivity contribution in [3.05, 3.63) is 41.9 Å². The first-order valence-corrected chi connectivity index (χ1v) is 7.67. The van der Waals surface area contributed by atoms with Crippen molar-refractivity contribution in [2.24, 2.45) is 7.05 Å². The van der Waals surface area contributed by atoms with Crippen molar-refractivity contribution >= 4 is 5.95 Å². The maximum Gasteiger partial charge on any atom is 0.223 e. The number of hydrogen-bond acceptors (Lipinski definition) is 5. The quantitative estimate of drug-likeness (QED) is 0.783. The fourth-order valence-corrected chi connectivity index (χ4v) is 2.68. The fraction of sp³-hybridized carbons (Fsp3) is 0.375. The molecule has 3 heterocycles. The van der Waals surface area contributed by atoms with Crippen LogP contribution < -0.4 is 5.32 Å². The van der Waals surface area contributed by atoms with E-state index in [0.717, 1.165) is 35.0 Å². The topological polar surface area (TPSA) is 73.5 Å². The predicted octanol–water partition coefficient (Wildman–Crippen LogP) is 2.32. The SMILES string of the molecule is CCn1ccnc1CNc1nccc(-c2c(C)nn(C)c2C)n1. The van der Waals surface area contributed by atoms with Gasteiger partial charge in [0.05, 0.1) is 17.9 Å². The molecule has 23 heavy (non-hydrogen) atoms. The van der Waals surface area contributed by atoms with E-state index >= 15 is 0 Å². The zero-order chi connectivity index (χ0) is 16.4. The van der Waals surface area contributed by atoms with Crippen molar-refractivity contribution in [3.8, 4) is 11.3 Å². The van der Waals surface area contributed by atoms with E-state index in [9.17, 15) is 0 Å². The summed E-state index contributed by atoms with van der Waals surface area (Å²) < 4.78 is 3.96. The molecule has 120 valence electrons. The normalized spacial score (nSPS) is 11.0. The minimum absolute atomic E-state index is 0.593. The molecule has 0 fully saturated rings. The third kappa shape index (κ3) is 2.94. The van der Waals surface area contributed by atoms with Gasteiger partial charge in [-0.25, -0.2) is 15.0 Å². The molecule has 0 aliphatic heterocycles. The van der Waals surface area contributed by atoms with Gasteiger partial charge in [0.25, 0.3) is 0 Å². The molecule has 0 atom stereocenters. The van der Waals surface area contributed by atoms with Crippen LogP contribution in [0.3, 0.4) is 0 Å². The molecule has 0 bridgehead atoms. The van der Waals surface area contributed by atoms with E-state index in [1.807, 2.05) is 37.8 Å². The summed E-state index contributed by atoms with van der Waals surface area (Å²) in [7, 11) is 1.94. The lowest BCUT2D eigenvalue weighted by Crippen LogP contribution is -2.09. The molecule has 0 saturated heterocycles. The number of rotatable bonds is 5. The lowest BCUT2D eigenvalue weighted by Gasteiger charge is -2.08. The number of anilines is 1. The molecule has 0 amide bonds. The molecular weight excluding hydrogens is 290 g/mol. The molecule has 0 spiro atoms. The second kappa shape index (κ2) is 6.20. The van der Waals surface area contributed by atoms with E-state index in [4.69, 9.17) is 0 Å². The number of imidazole rings is 1. The third-order valence-corrected chi connectivity index (χ3v) is 3.97. The lowest BCUT2D eigenvalue weighted by molar-refractivity contribution is 0.706. The smallest absolute Gasteiger partial charge is 0.223 e. The van der Waals surface area contributed by atoms with Crippen molar-refractivity contribution in [2.75, 3.05) is 5.32 Å². The third-order valence-electron chi connectivity index (χ3n) is 3.97. The molecule has 1 N–H and O–H groups in total. The summed E-state index contributed by atoms with van der Waals surface area (Å²) >= 11 is 0. The first-order valence-electron chi connectivity index (χ1n) is 7.67. The Balaban J connectivity index is 1.83. The summed E-state index contributed by atoms with van der Waals surface area (Å²) in [5.41, 5.74) is 4.00. The average Bonchev–Trinajstić information content (AvgIpc) is 3.10. The monoisotopic (exact) mass is 311 g/mol. The van der Waals surface area contributed by atoms with Crippen LogP contribution in [-0.4, -0.2) is 29.3 Å². The number of aryl methyl sites for hydroxylation is 3. The van der Waals surface area contributed by atoms with Crippen LogP contribution in [0.1, 0.15) is 24.1 Å². The van der Waals surface area contributed by atoms with Gasteiger partial charge in [0.2, 0.25) is 5.95 Å². The highest BCUT2D eigenvalue weighted by Crippen LogP contribution is 2.25. The first kappa shape index (κ1) is 15.2. The predicted molar refractivity (Wildman–Crippen MR) is 88.9 cm³/mol. The van der Waals surface area contributed by atoms with Gasteiger partial charge in [-0.3, -0.25) is 4.68 Å². The highest BCUT2D eigenvalue weighted by Gasteiger charge is 2.13. The van der Waals surface area contributed by atoms with Gasteiger partial charge in [-0.1, -0.05) is 0 Å². The van der Waals surface area contributed by atoms with Crippen molar-refractivity contribution in [1.82, 2.24) is 29.3 Å². The van der Waals surface area contributed by atoms with Crippen LogP contribution in [0.2, 0.25) is 0 Å². The maximum atomic E-state index is 4.62. The molecule has 3 aromatic rings. The van der Waals surface area contributed by atoms with Crippen LogP contribution in [-0.2, 0) is 20.1 Å². The molecule has 0 aliphatic rings. The van der Waals surface area contributed by atoms with Gasteiger partial charge in [-0.2, -0.15) is 5.10 Å². The standard InChI is InChI=1S/C16H21N7/c1-5-23-9-8-17-14(23)10-19-16-18-7-6-13(20-16)15-11(2)21-22(4)12(15)3/h6-9H,5,10H2,1-4H3,(H,18,19,20). The second-order valence-corrected chi connectivity index (χ2v) is 5.42. The van der Waals surface area contributed by atoms with Gasteiger partial charge in [-0.15, -0.1) is 0 Å². The Morgan fingerprint density at radius 2 is 2.00 bits per heavy atom. The fourth-order valence-electron chi connectivity index (χ4n) is 2.68. The van der Waals surface area contributed by atoms with Crippen molar-refractivity contribution in [3.63, 3.8) is 0 Å². The largest absolute Gasteiger partial charge is 0.347 e. The molecule has 3 aromatic heterocycles. The maximum absolute atomic E-state index is 4.62. The zero-order valence-corrected chi connectivity index (χ0v) is 13.9. The van der Waals surface area contributed by atoms with Gasteiger partial charge in [0.15, 0.2) is 0 Å². The Hall–Kier alpha value is -2.70. The summed E-state index contributed by atoms with van der Waals surface area (Å²) in [5, 5.41) is 7.69.